The van der Waals surface area contributed by atoms with Gasteiger partial charge < -0.3 is 25.0 Å². The Bertz CT molecular complexity index is 971. The standard InChI is InChI=1S/C24H30N4O6/c1-6-17-10-8-9-11-18(17)21(22(31)26-14-12-20(30)33-7-2)28(15-13-25)19(29)16-27-23(32)34-24(3,4)5/h1,8-11,21H,7,12,14-16H2,2-5H3,(H,26,31)(H,27,32). The van der Waals surface area contributed by atoms with Crippen molar-refractivity contribution in [3.05, 3.63) is 35.4 Å². The van der Waals surface area contributed by atoms with Gasteiger partial charge in [-0.2, -0.15) is 5.26 Å². The molecule has 1 atom stereocenters. The van der Waals surface area contributed by atoms with Crippen molar-refractivity contribution >= 4 is 23.9 Å². The van der Waals surface area contributed by atoms with E-state index in [0.717, 1.165) is 4.90 Å². The van der Waals surface area contributed by atoms with Gasteiger partial charge in [-0.3, -0.25) is 14.4 Å². The summed E-state index contributed by atoms with van der Waals surface area (Å²) >= 11 is 0. The van der Waals surface area contributed by atoms with Gasteiger partial charge in [0.1, 0.15) is 24.7 Å². The second-order valence-corrected chi connectivity index (χ2v) is 8.02. The lowest BCUT2D eigenvalue weighted by atomic mass is 9.98. The van der Waals surface area contributed by atoms with E-state index in [1.165, 1.54) is 0 Å². The van der Waals surface area contributed by atoms with Crippen molar-refractivity contribution in [3.63, 3.8) is 0 Å². The summed E-state index contributed by atoms with van der Waals surface area (Å²) in [6, 6.07) is 7.08. The molecule has 1 rings (SSSR count). The molecule has 3 amide bonds. The van der Waals surface area contributed by atoms with Crippen LogP contribution < -0.4 is 10.6 Å². The van der Waals surface area contributed by atoms with E-state index in [1.807, 2.05) is 6.07 Å². The molecule has 0 aliphatic carbocycles. The minimum absolute atomic E-state index is 0.0445. The first-order valence-corrected chi connectivity index (χ1v) is 10.7. The van der Waals surface area contributed by atoms with Gasteiger partial charge in [0.15, 0.2) is 0 Å². The third kappa shape index (κ3) is 9.21. The first-order chi connectivity index (χ1) is 16.0. The first-order valence-electron chi connectivity index (χ1n) is 10.7. The number of hydrogen-bond acceptors (Lipinski definition) is 7. The molecule has 34 heavy (non-hydrogen) atoms. The molecule has 10 nitrogen and oxygen atoms in total. The monoisotopic (exact) mass is 470 g/mol. The van der Waals surface area contributed by atoms with E-state index in [4.69, 9.17) is 15.9 Å². The highest BCUT2D eigenvalue weighted by molar-refractivity contribution is 5.91. The maximum Gasteiger partial charge on any atom is 0.408 e. The van der Waals surface area contributed by atoms with E-state index in [2.05, 4.69) is 16.6 Å². The summed E-state index contributed by atoms with van der Waals surface area (Å²) in [5.41, 5.74) is -0.101. The summed E-state index contributed by atoms with van der Waals surface area (Å²) in [4.78, 5) is 50.7. The van der Waals surface area contributed by atoms with Gasteiger partial charge >= 0.3 is 12.1 Å². The molecule has 0 radical (unpaired) electrons. The number of carbonyl (C=O) groups is 4. The van der Waals surface area contributed by atoms with Crippen LogP contribution in [0.5, 0.6) is 0 Å². The lowest BCUT2D eigenvalue weighted by molar-refractivity contribution is -0.143. The molecule has 182 valence electrons. The van der Waals surface area contributed by atoms with E-state index in [-0.39, 0.29) is 19.6 Å². The van der Waals surface area contributed by atoms with Crippen LogP contribution in [0.1, 0.15) is 51.3 Å². The number of terminal acetylenes is 1. The lowest BCUT2D eigenvalue weighted by Crippen LogP contribution is -2.48. The van der Waals surface area contributed by atoms with Crippen LogP contribution in [0.3, 0.4) is 0 Å². The molecule has 10 heteroatoms. The number of rotatable bonds is 10. The maximum atomic E-state index is 13.2. The Labute approximate surface area is 199 Å². The molecule has 0 saturated heterocycles. The minimum atomic E-state index is -1.28. The van der Waals surface area contributed by atoms with Gasteiger partial charge in [0, 0.05) is 12.1 Å². The fraction of sp³-hybridized carbons (Fsp3) is 0.458. The van der Waals surface area contributed by atoms with Gasteiger partial charge in [-0.25, -0.2) is 4.79 Å². The Morgan fingerprint density at radius 2 is 1.85 bits per heavy atom. The number of benzene rings is 1. The molecular weight excluding hydrogens is 440 g/mol. The van der Waals surface area contributed by atoms with Crippen LogP contribution in [0.4, 0.5) is 4.79 Å². The molecule has 1 aromatic carbocycles. The van der Waals surface area contributed by atoms with Gasteiger partial charge in [0.25, 0.3) is 0 Å². The fourth-order valence-corrected chi connectivity index (χ4v) is 2.90. The normalized spacial score (nSPS) is 11.2. The first kappa shape index (κ1) is 28.0. The molecular formula is C24H30N4O6. The molecule has 0 fully saturated rings. The van der Waals surface area contributed by atoms with Crippen molar-refractivity contribution in [3.8, 4) is 18.4 Å². The number of carbonyl (C=O) groups excluding carboxylic acids is 4. The highest BCUT2D eigenvalue weighted by Crippen LogP contribution is 2.24. The number of alkyl carbamates (subject to hydrolysis) is 1. The largest absolute Gasteiger partial charge is 0.466 e. The van der Waals surface area contributed by atoms with Crippen LogP contribution in [0.15, 0.2) is 24.3 Å². The molecule has 0 saturated carbocycles. The Morgan fingerprint density at radius 1 is 1.18 bits per heavy atom. The zero-order valence-corrected chi connectivity index (χ0v) is 19.8. The molecule has 1 unspecified atom stereocenters. The number of esters is 1. The van der Waals surface area contributed by atoms with Crippen LogP contribution >= 0.6 is 0 Å². The van der Waals surface area contributed by atoms with E-state index in [1.54, 1.807) is 52.0 Å². The molecule has 0 aliphatic heterocycles. The van der Waals surface area contributed by atoms with Crippen LogP contribution in [-0.2, 0) is 23.9 Å². The van der Waals surface area contributed by atoms with E-state index >= 15 is 0 Å². The molecule has 0 aliphatic rings. The third-order valence-corrected chi connectivity index (χ3v) is 4.25. The van der Waals surface area contributed by atoms with Crippen molar-refractivity contribution in [2.75, 3.05) is 26.2 Å². The Kier molecular flexibility index (Phi) is 11.1. The van der Waals surface area contributed by atoms with Gasteiger partial charge in [-0.15, -0.1) is 6.42 Å². The van der Waals surface area contributed by atoms with Crippen molar-refractivity contribution in [1.82, 2.24) is 15.5 Å². The van der Waals surface area contributed by atoms with Crippen molar-refractivity contribution in [1.29, 1.82) is 5.26 Å². The Balaban J connectivity index is 3.17. The fourth-order valence-electron chi connectivity index (χ4n) is 2.90. The Hall–Kier alpha value is -4.05. The Morgan fingerprint density at radius 3 is 2.44 bits per heavy atom. The summed E-state index contributed by atoms with van der Waals surface area (Å²) in [5, 5.41) is 14.3. The van der Waals surface area contributed by atoms with Crippen LogP contribution in [-0.4, -0.2) is 60.6 Å². The predicted octanol–water partition coefficient (Wildman–Crippen LogP) is 1.66. The molecule has 0 heterocycles. The second-order valence-electron chi connectivity index (χ2n) is 8.02. The van der Waals surface area contributed by atoms with E-state index in [9.17, 15) is 24.4 Å². The predicted molar refractivity (Wildman–Crippen MR) is 123 cm³/mol. The topological polar surface area (TPSA) is 138 Å². The number of amides is 3. The van der Waals surface area contributed by atoms with Crippen molar-refractivity contribution < 1.29 is 28.7 Å². The maximum absolute atomic E-state index is 13.2. The number of nitrogens with one attached hydrogen (secondary N) is 2. The van der Waals surface area contributed by atoms with Gasteiger partial charge in [0.05, 0.1) is 19.1 Å². The molecule has 0 aromatic heterocycles. The highest BCUT2D eigenvalue weighted by atomic mass is 16.6. The molecule has 0 spiro atoms. The van der Waals surface area contributed by atoms with Crippen molar-refractivity contribution in [2.24, 2.45) is 0 Å². The molecule has 0 bridgehead atoms. The SMILES string of the molecule is C#Cc1ccccc1C(C(=O)NCCC(=O)OCC)N(CC#N)C(=O)CNC(=O)OC(C)(C)C. The number of hydrogen-bond donors (Lipinski definition) is 2. The van der Waals surface area contributed by atoms with Gasteiger partial charge in [0.2, 0.25) is 11.8 Å². The molecule has 1 aromatic rings. The van der Waals surface area contributed by atoms with Gasteiger partial charge in [-0.05, 0) is 39.3 Å². The number of nitrogens with zero attached hydrogens (tertiary/aromatic N) is 2. The zero-order chi connectivity index (χ0) is 25.7. The van der Waals surface area contributed by atoms with E-state index < -0.39 is 48.6 Å². The summed E-state index contributed by atoms with van der Waals surface area (Å²) < 4.78 is 9.96. The summed E-state index contributed by atoms with van der Waals surface area (Å²) in [6.45, 7) is 5.87. The smallest absolute Gasteiger partial charge is 0.408 e. The summed E-state index contributed by atoms with van der Waals surface area (Å²) in [7, 11) is 0. The average Bonchev–Trinajstić information content (AvgIpc) is 2.76. The minimum Gasteiger partial charge on any atom is -0.466 e. The van der Waals surface area contributed by atoms with Crippen LogP contribution in [0, 0.1) is 23.7 Å². The highest BCUT2D eigenvalue weighted by Gasteiger charge is 2.33. The van der Waals surface area contributed by atoms with Crippen molar-refractivity contribution in [2.45, 2.75) is 45.8 Å². The number of nitriles is 1. The van der Waals surface area contributed by atoms with E-state index in [0.29, 0.717) is 11.1 Å². The third-order valence-electron chi connectivity index (χ3n) is 4.25. The quantitative estimate of drug-likeness (QED) is 0.301. The molecule has 2 N–H and O–H groups in total. The zero-order valence-electron chi connectivity index (χ0n) is 19.8. The summed E-state index contributed by atoms with van der Waals surface area (Å²) in [6.07, 6.45) is 4.69. The van der Waals surface area contributed by atoms with Gasteiger partial charge in [-0.1, -0.05) is 24.1 Å². The van der Waals surface area contributed by atoms with Crippen LogP contribution in [0.25, 0.3) is 0 Å². The lowest BCUT2D eigenvalue weighted by Gasteiger charge is -2.30. The number of ether oxygens (including phenoxy) is 2. The van der Waals surface area contributed by atoms with Crippen LogP contribution in [0.2, 0.25) is 0 Å². The summed E-state index contributed by atoms with van der Waals surface area (Å²) in [5.74, 6) is 0.629. The average molecular weight is 471 g/mol. The second kappa shape index (κ2) is 13.5.